The lowest BCUT2D eigenvalue weighted by Crippen LogP contribution is -1.97. The van der Waals surface area contributed by atoms with E-state index >= 15 is 0 Å². The smallest absolute Gasteiger partial charge is 0.319 e. The Morgan fingerprint density at radius 3 is 2.91 bits per heavy atom. The molecule has 0 N–H and O–H groups in total. The van der Waals surface area contributed by atoms with Crippen LogP contribution in [0.25, 0.3) is 0 Å². The quantitative estimate of drug-likeness (QED) is 0.626. The van der Waals surface area contributed by atoms with Gasteiger partial charge in [-0.2, -0.15) is 9.97 Å². The van der Waals surface area contributed by atoms with E-state index in [0.29, 0.717) is 11.9 Å². The summed E-state index contributed by atoms with van der Waals surface area (Å²) in [7, 11) is 1.56. The van der Waals surface area contributed by atoms with Crippen LogP contribution in [0.5, 0.6) is 6.01 Å². The van der Waals surface area contributed by atoms with Crippen molar-refractivity contribution in [1.82, 2.24) is 15.0 Å². The molecule has 0 aromatic carbocycles. The standard InChI is InChI=1S/C7H9N3O/c1-11-7-9-4-8-6(10-7)5-2-3-5/h4-5H,2-3H2,1H3. The molecular weight excluding hydrogens is 142 g/mol. The van der Waals surface area contributed by atoms with Crippen LogP contribution < -0.4 is 4.74 Å². The molecule has 0 spiro atoms. The van der Waals surface area contributed by atoms with Crippen molar-refractivity contribution in [3.8, 4) is 6.01 Å². The third kappa shape index (κ3) is 1.29. The number of ether oxygens (including phenoxy) is 1. The zero-order valence-electron chi connectivity index (χ0n) is 6.32. The van der Waals surface area contributed by atoms with Crippen LogP contribution in [0, 0.1) is 0 Å². The van der Waals surface area contributed by atoms with E-state index in [-0.39, 0.29) is 0 Å². The average Bonchev–Trinajstić information content (AvgIpc) is 2.87. The highest BCUT2D eigenvalue weighted by molar-refractivity contribution is 5.06. The third-order valence-corrected chi connectivity index (χ3v) is 1.69. The predicted molar refractivity (Wildman–Crippen MR) is 38.4 cm³/mol. The van der Waals surface area contributed by atoms with E-state index in [2.05, 4.69) is 15.0 Å². The van der Waals surface area contributed by atoms with Crippen molar-refractivity contribution in [2.24, 2.45) is 0 Å². The molecule has 4 nitrogen and oxygen atoms in total. The van der Waals surface area contributed by atoms with Gasteiger partial charge in [-0.25, -0.2) is 4.98 Å². The monoisotopic (exact) mass is 151 g/mol. The van der Waals surface area contributed by atoms with Crippen LogP contribution in [0.2, 0.25) is 0 Å². The second-order valence-corrected chi connectivity index (χ2v) is 2.60. The Labute approximate surface area is 64.7 Å². The lowest BCUT2D eigenvalue weighted by molar-refractivity contribution is 0.375. The molecule has 0 atom stereocenters. The van der Waals surface area contributed by atoms with Crippen molar-refractivity contribution < 1.29 is 4.74 Å². The first-order chi connectivity index (χ1) is 5.40. The van der Waals surface area contributed by atoms with Crippen molar-refractivity contribution in [3.05, 3.63) is 12.2 Å². The summed E-state index contributed by atoms with van der Waals surface area (Å²) in [6.45, 7) is 0. The molecule has 0 aliphatic heterocycles. The Morgan fingerprint density at radius 2 is 2.27 bits per heavy atom. The van der Waals surface area contributed by atoms with Crippen molar-refractivity contribution in [1.29, 1.82) is 0 Å². The van der Waals surface area contributed by atoms with Gasteiger partial charge in [0.15, 0.2) is 0 Å². The zero-order valence-corrected chi connectivity index (χ0v) is 6.32. The molecule has 1 aromatic rings. The maximum absolute atomic E-state index is 4.87. The summed E-state index contributed by atoms with van der Waals surface area (Å²) >= 11 is 0. The van der Waals surface area contributed by atoms with E-state index in [4.69, 9.17) is 4.74 Å². The van der Waals surface area contributed by atoms with Crippen LogP contribution in [0.4, 0.5) is 0 Å². The molecule has 0 radical (unpaired) electrons. The Bertz CT molecular complexity index is 260. The zero-order chi connectivity index (χ0) is 7.68. The van der Waals surface area contributed by atoms with Crippen LogP contribution in [-0.4, -0.2) is 22.1 Å². The van der Waals surface area contributed by atoms with Gasteiger partial charge < -0.3 is 4.74 Å². The molecule has 58 valence electrons. The lowest BCUT2D eigenvalue weighted by atomic mass is 10.4. The molecule has 2 rings (SSSR count). The van der Waals surface area contributed by atoms with Gasteiger partial charge in [-0.15, -0.1) is 0 Å². The Hall–Kier alpha value is -1.19. The Kier molecular flexibility index (Phi) is 1.45. The first kappa shape index (κ1) is 6.52. The third-order valence-electron chi connectivity index (χ3n) is 1.69. The highest BCUT2D eigenvalue weighted by Crippen LogP contribution is 2.37. The first-order valence-corrected chi connectivity index (χ1v) is 3.63. The van der Waals surface area contributed by atoms with Crippen molar-refractivity contribution >= 4 is 0 Å². The van der Waals surface area contributed by atoms with Crippen LogP contribution in [0.3, 0.4) is 0 Å². The summed E-state index contributed by atoms with van der Waals surface area (Å²) in [5, 5.41) is 0. The number of hydrogen-bond acceptors (Lipinski definition) is 4. The fourth-order valence-corrected chi connectivity index (χ4v) is 0.930. The maximum Gasteiger partial charge on any atom is 0.319 e. The number of rotatable bonds is 2. The molecule has 1 heterocycles. The number of nitrogens with zero attached hydrogens (tertiary/aromatic N) is 3. The summed E-state index contributed by atoms with van der Waals surface area (Å²) in [5.41, 5.74) is 0. The van der Waals surface area contributed by atoms with E-state index < -0.39 is 0 Å². The summed E-state index contributed by atoms with van der Waals surface area (Å²) in [6.07, 6.45) is 3.90. The SMILES string of the molecule is COc1ncnc(C2CC2)n1. The Balaban J connectivity index is 2.26. The minimum absolute atomic E-state index is 0.418. The maximum atomic E-state index is 4.87. The first-order valence-electron chi connectivity index (χ1n) is 3.63. The van der Waals surface area contributed by atoms with Gasteiger partial charge in [0.1, 0.15) is 12.2 Å². The number of hydrogen-bond donors (Lipinski definition) is 0. The molecule has 4 heteroatoms. The van der Waals surface area contributed by atoms with Crippen LogP contribution in [0.1, 0.15) is 24.6 Å². The molecule has 0 saturated heterocycles. The van der Waals surface area contributed by atoms with E-state index in [1.54, 1.807) is 7.11 Å². The van der Waals surface area contributed by atoms with Crippen molar-refractivity contribution in [3.63, 3.8) is 0 Å². The van der Waals surface area contributed by atoms with E-state index in [9.17, 15) is 0 Å². The fraction of sp³-hybridized carbons (Fsp3) is 0.571. The van der Waals surface area contributed by atoms with Gasteiger partial charge in [0.05, 0.1) is 7.11 Å². The topological polar surface area (TPSA) is 47.9 Å². The molecule has 1 aliphatic carbocycles. The van der Waals surface area contributed by atoms with Crippen LogP contribution in [0.15, 0.2) is 6.33 Å². The highest BCUT2D eigenvalue weighted by Gasteiger charge is 2.26. The minimum atomic E-state index is 0.418. The van der Waals surface area contributed by atoms with Gasteiger partial charge in [0.2, 0.25) is 0 Å². The predicted octanol–water partition coefficient (Wildman–Crippen LogP) is 0.758. The van der Waals surface area contributed by atoms with Crippen LogP contribution in [-0.2, 0) is 0 Å². The molecule has 0 unspecified atom stereocenters. The van der Waals surface area contributed by atoms with Gasteiger partial charge in [-0.3, -0.25) is 0 Å². The fourth-order valence-electron chi connectivity index (χ4n) is 0.930. The van der Waals surface area contributed by atoms with E-state index in [1.807, 2.05) is 0 Å². The second kappa shape index (κ2) is 2.45. The molecule has 1 aliphatic rings. The summed E-state index contributed by atoms with van der Waals surface area (Å²) in [5.74, 6) is 1.43. The van der Waals surface area contributed by atoms with Crippen LogP contribution >= 0.6 is 0 Å². The van der Waals surface area contributed by atoms with Crippen molar-refractivity contribution in [2.75, 3.05) is 7.11 Å². The molecule has 1 aromatic heterocycles. The van der Waals surface area contributed by atoms with E-state index in [1.165, 1.54) is 19.2 Å². The molecule has 0 bridgehead atoms. The molecule has 1 fully saturated rings. The van der Waals surface area contributed by atoms with Gasteiger partial charge in [-0.1, -0.05) is 0 Å². The van der Waals surface area contributed by atoms with Gasteiger partial charge in [0, 0.05) is 5.92 Å². The second-order valence-electron chi connectivity index (χ2n) is 2.60. The Morgan fingerprint density at radius 1 is 1.45 bits per heavy atom. The average molecular weight is 151 g/mol. The largest absolute Gasteiger partial charge is 0.467 e. The summed E-state index contributed by atoms with van der Waals surface area (Å²) in [4.78, 5) is 12.0. The van der Waals surface area contributed by atoms with E-state index in [0.717, 1.165) is 5.82 Å². The summed E-state index contributed by atoms with van der Waals surface area (Å²) < 4.78 is 4.87. The van der Waals surface area contributed by atoms with Gasteiger partial charge >= 0.3 is 6.01 Å². The van der Waals surface area contributed by atoms with Gasteiger partial charge in [0.25, 0.3) is 0 Å². The lowest BCUT2D eigenvalue weighted by Gasteiger charge is -1.97. The van der Waals surface area contributed by atoms with Crippen molar-refractivity contribution in [2.45, 2.75) is 18.8 Å². The molecular formula is C7H9N3O. The number of methoxy groups -OCH3 is 1. The normalized spacial score (nSPS) is 16.5. The molecule has 1 saturated carbocycles. The summed E-state index contributed by atoms with van der Waals surface area (Å²) in [6, 6.07) is 0.418. The van der Waals surface area contributed by atoms with Gasteiger partial charge in [-0.05, 0) is 12.8 Å². The highest BCUT2D eigenvalue weighted by atomic mass is 16.5. The minimum Gasteiger partial charge on any atom is -0.467 e. The number of aromatic nitrogens is 3. The molecule has 0 amide bonds. The molecule has 11 heavy (non-hydrogen) atoms.